The van der Waals surface area contributed by atoms with Crippen molar-refractivity contribution in [1.82, 2.24) is 0 Å². The van der Waals surface area contributed by atoms with Crippen molar-refractivity contribution in [3.05, 3.63) is 12.2 Å². The maximum absolute atomic E-state index is 10.6. The molecular formula is C8H10O3. The van der Waals surface area contributed by atoms with Crippen LogP contribution in [0.2, 0.25) is 0 Å². The van der Waals surface area contributed by atoms with Crippen LogP contribution in [0.4, 0.5) is 0 Å². The molecule has 0 spiro atoms. The molecule has 11 heavy (non-hydrogen) atoms. The summed E-state index contributed by atoms with van der Waals surface area (Å²) in [6.45, 7) is 1.88. The first-order chi connectivity index (χ1) is 5.31. The number of ether oxygens (including phenoxy) is 1. The van der Waals surface area contributed by atoms with Gasteiger partial charge in [0, 0.05) is 6.08 Å². The molecule has 0 aliphatic heterocycles. The third kappa shape index (κ3) is 6.62. The van der Waals surface area contributed by atoms with Gasteiger partial charge in [0.1, 0.15) is 6.61 Å². The quantitative estimate of drug-likeness (QED) is 0.348. The van der Waals surface area contributed by atoms with Crippen molar-refractivity contribution >= 4 is 5.97 Å². The third-order valence-corrected chi connectivity index (χ3v) is 0.770. The standard InChI is InChI=1S/C8H10O3/c1-2-11-8(10)6-4-3-5-7-9/h4,6,9H,2,7H2,1H3. The van der Waals surface area contributed by atoms with Crippen molar-refractivity contribution in [2.75, 3.05) is 13.2 Å². The zero-order valence-electron chi connectivity index (χ0n) is 6.33. The van der Waals surface area contributed by atoms with Gasteiger partial charge in [0.2, 0.25) is 0 Å². The monoisotopic (exact) mass is 154 g/mol. The highest BCUT2D eigenvalue weighted by Gasteiger charge is 1.89. The minimum Gasteiger partial charge on any atom is -0.463 e. The van der Waals surface area contributed by atoms with E-state index >= 15 is 0 Å². The number of aliphatic hydroxyl groups is 1. The zero-order valence-corrected chi connectivity index (χ0v) is 6.33. The summed E-state index contributed by atoms with van der Waals surface area (Å²) in [5.74, 6) is 4.38. The summed E-state index contributed by atoms with van der Waals surface area (Å²) >= 11 is 0. The predicted molar refractivity (Wildman–Crippen MR) is 40.6 cm³/mol. The van der Waals surface area contributed by atoms with Crippen LogP contribution in [-0.2, 0) is 9.53 Å². The Morgan fingerprint density at radius 2 is 2.45 bits per heavy atom. The Hall–Kier alpha value is -1.27. The van der Waals surface area contributed by atoms with Crippen LogP contribution < -0.4 is 0 Å². The molecule has 0 amide bonds. The van der Waals surface area contributed by atoms with Gasteiger partial charge >= 0.3 is 5.97 Å². The first kappa shape index (κ1) is 9.73. The van der Waals surface area contributed by atoms with Gasteiger partial charge in [-0.25, -0.2) is 4.79 Å². The van der Waals surface area contributed by atoms with Crippen LogP contribution in [0, 0.1) is 11.8 Å². The lowest BCUT2D eigenvalue weighted by Gasteiger charge is -1.91. The highest BCUT2D eigenvalue weighted by molar-refractivity contribution is 5.82. The topological polar surface area (TPSA) is 46.5 Å². The maximum Gasteiger partial charge on any atom is 0.331 e. The van der Waals surface area contributed by atoms with E-state index in [0.717, 1.165) is 0 Å². The molecular weight excluding hydrogens is 144 g/mol. The second-order valence-electron chi connectivity index (χ2n) is 1.56. The number of hydrogen-bond acceptors (Lipinski definition) is 3. The normalized spacial score (nSPS) is 8.91. The van der Waals surface area contributed by atoms with Crippen molar-refractivity contribution < 1.29 is 14.6 Å². The largest absolute Gasteiger partial charge is 0.463 e. The molecule has 0 aromatic carbocycles. The lowest BCUT2D eigenvalue weighted by Crippen LogP contribution is -1.98. The van der Waals surface area contributed by atoms with Crippen LogP contribution in [0.5, 0.6) is 0 Å². The number of rotatable bonds is 2. The summed E-state index contributed by atoms with van der Waals surface area (Å²) in [6, 6.07) is 0. The minimum atomic E-state index is -0.417. The maximum atomic E-state index is 10.6. The Morgan fingerprint density at radius 3 is 3.00 bits per heavy atom. The molecule has 1 N–H and O–H groups in total. The van der Waals surface area contributed by atoms with E-state index in [1.54, 1.807) is 6.92 Å². The van der Waals surface area contributed by atoms with Crippen LogP contribution in [0.3, 0.4) is 0 Å². The third-order valence-electron chi connectivity index (χ3n) is 0.770. The molecule has 0 saturated carbocycles. The average Bonchev–Trinajstić information content (AvgIpc) is 1.99. The lowest BCUT2D eigenvalue weighted by molar-refractivity contribution is -0.137. The number of hydrogen-bond donors (Lipinski definition) is 1. The summed E-state index contributed by atoms with van der Waals surface area (Å²) < 4.78 is 4.57. The molecule has 0 bridgehead atoms. The molecule has 0 aromatic rings. The summed E-state index contributed by atoms with van der Waals surface area (Å²) in [7, 11) is 0. The zero-order chi connectivity index (χ0) is 8.53. The van der Waals surface area contributed by atoms with Gasteiger partial charge in [0.25, 0.3) is 0 Å². The molecule has 0 unspecified atom stereocenters. The average molecular weight is 154 g/mol. The van der Waals surface area contributed by atoms with Crippen molar-refractivity contribution in [3.8, 4) is 11.8 Å². The van der Waals surface area contributed by atoms with E-state index in [9.17, 15) is 4.79 Å². The summed E-state index contributed by atoms with van der Waals surface area (Å²) in [5.41, 5.74) is 0. The highest BCUT2D eigenvalue weighted by atomic mass is 16.5. The minimum absolute atomic E-state index is 0.201. The number of esters is 1. The van der Waals surface area contributed by atoms with E-state index in [1.165, 1.54) is 12.2 Å². The smallest absolute Gasteiger partial charge is 0.331 e. The van der Waals surface area contributed by atoms with Crippen LogP contribution >= 0.6 is 0 Å². The van der Waals surface area contributed by atoms with Gasteiger partial charge in [0.15, 0.2) is 0 Å². The van der Waals surface area contributed by atoms with Crippen molar-refractivity contribution in [3.63, 3.8) is 0 Å². The van der Waals surface area contributed by atoms with Crippen LogP contribution in [-0.4, -0.2) is 24.3 Å². The number of carbonyl (C=O) groups excluding carboxylic acids is 1. The predicted octanol–water partition coefficient (Wildman–Crippen LogP) is 0.101. The van der Waals surface area contributed by atoms with E-state index in [2.05, 4.69) is 16.6 Å². The van der Waals surface area contributed by atoms with Crippen LogP contribution in [0.1, 0.15) is 6.92 Å². The van der Waals surface area contributed by atoms with Gasteiger partial charge in [-0.2, -0.15) is 0 Å². The summed E-state index contributed by atoms with van der Waals surface area (Å²) in [6.07, 6.45) is 2.56. The second-order valence-corrected chi connectivity index (χ2v) is 1.56. The van der Waals surface area contributed by atoms with Crippen molar-refractivity contribution in [2.24, 2.45) is 0 Å². The molecule has 0 aromatic heterocycles. The summed E-state index contributed by atoms with van der Waals surface area (Å²) in [4.78, 5) is 10.6. The first-order valence-electron chi connectivity index (χ1n) is 3.23. The molecule has 0 aliphatic carbocycles. The molecule has 0 radical (unpaired) electrons. The molecule has 60 valence electrons. The number of carbonyl (C=O) groups is 1. The van der Waals surface area contributed by atoms with Gasteiger partial charge < -0.3 is 9.84 Å². The van der Waals surface area contributed by atoms with Crippen molar-refractivity contribution in [1.29, 1.82) is 0 Å². The second kappa shape index (κ2) is 6.84. The van der Waals surface area contributed by atoms with E-state index < -0.39 is 5.97 Å². The van der Waals surface area contributed by atoms with E-state index in [-0.39, 0.29) is 6.61 Å². The van der Waals surface area contributed by atoms with Gasteiger partial charge in [0.05, 0.1) is 6.61 Å². The molecule has 0 aliphatic rings. The Kier molecular flexibility index (Phi) is 6.05. The SMILES string of the molecule is CCOC(=O)C=CC#CCO. The molecule has 0 atom stereocenters. The molecule has 3 nitrogen and oxygen atoms in total. The highest BCUT2D eigenvalue weighted by Crippen LogP contribution is 1.79. The fourth-order valence-electron chi connectivity index (χ4n) is 0.405. The van der Waals surface area contributed by atoms with Crippen LogP contribution in [0.15, 0.2) is 12.2 Å². The first-order valence-corrected chi connectivity index (χ1v) is 3.23. The Morgan fingerprint density at radius 1 is 1.73 bits per heavy atom. The Labute approximate surface area is 65.7 Å². The van der Waals surface area contributed by atoms with Gasteiger partial charge in [-0.05, 0) is 13.0 Å². The van der Waals surface area contributed by atoms with Gasteiger partial charge in [-0.3, -0.25) is 0 Å². The molecule has 0 rings (SSSR count). The molecule has 3 heteroatoms. The van der Waals surface area contributed by atoms with Gasteiger partial charge in [-0.15, -0.1) is 0 Å². The van der Waals surface area contributed by atoms with Crippen LogP contribution in [0.25, 0.3) is 0 Å². The molecule has 0 fully saturated rings. The van der Waals surface area contributed by atoms with E-state index in [1.807, 2.05) is 0 Å². The Bertz CT molecular complexity index is 195. The molecule has 0 heterocycles. The number of allylic oxidation sites excluding steroid dienone is 1. The van der Waals surface area contributed by atoms with Gasteiger partial charge in [-0.1, -0.05) is 11.8 Å². The number of aliphatic hydroxyl groups excluding tert-OH is 1. The lowest BCUT2D eigenvalue weighted by atomic mass is 10.5. The van der Waals surface area contributed by atoms with E-state index in [4.69, 9.17) is 5.11 Å². The fraction of sp³-hybridized carbons (Fsp3) is 0.375. The fourth-order valence-corrected chi connectivity index (χ4v) is 0.405. The summed E-state index contributed by atoms with van der Waals surface area (Å²) in [5, 5.41) is 8.21. The van der Waals surface area contributed by atoms with E-state index in [0.29, 0.717) is 6.61 Å². The molecule has 0 saturated heterocycles. The Balaban J connectivity index is 3.65. The van der Waals surface area contributed by atoms with Crippen molar-refractivity contribution in [2.45, 2.75) is 6.92 Å².